The van der Waals surface area contributed by atoms with E-state index in [2.05, 4.69) is 17.4 Å². The zero-order valence-electron chi connectivity index (χ0n) is 11.7. The van der Waals surface area contributed by atoms with Crippen molar-refractivity contribution in [2.75, 3.05) is 5.32 Å². The fraction of sp³-hybridized carbons (Fsp3) is 0.167. The molecule has 0 radical (unpaired) electrons. The van der Waals surface area contributed by atoms with Crippen LogP contribution < -0.4 is 10.1 Å². The van der Waals surface area contributed by atoms with Crippen molar-refractivity contribution in [2.24, 2.45) is 0 Å². The van der Waals surface area contributed by atoms with Crippen molar-refractivity contribution in [2.45, 2.75) is 19.3 Å². The highest BCUT2D eigenvalue weighted by atomic mass is 16.5. The summed E-state index contributed by atoms with van der Waals surface area (Å²) in [5.41, 5.74) is 3.58. The lowest BCUT2D eigenvalue weighted by molar-refractivity contribution is -0.112. The minimum Gasteiger partial charge on any atom is -0.465 e. The van der Waals surface area contributed by atoms with Crippen molar-refractivity contribution in [3.63, 3.8) is 0 Å². The largest absolute Gasteiger partial charge is 0.465 e. The number of ether oxygens (including phenoxy) is 1. The number of hydrogen-bond acceptors (Lipinski definition) is 2. The van der Waals surface area contributed by atoms with E-state index in [0.29, 0.717) is 5.75 Å². The van der Waals surface area contributed by atoms with Crippen LogP contribution in [0.25, 0.3) is 0 Å². The number of nitrogens with one attached hydrogen (secondary N) is 1. The Morgan fingerprint density at radius 2 is 1.86 bits per heavy atom. The number of hydrogen-bond donors (Lipinski definition) is 1. The second kappa shape index (κ2) is 6.27. The molecule has 0 spiro atoms. The van der Waals surface area contributed by atoms with E-state index in [1.807, 2.05) is 36.4 Å². The third kappa shape index (κ3) is 3.51. The Morgan fingerprint density at radius 1 is 1.05 bits per heavy atom. The fourth-order valence-corrected chi connectivity index (χ4v) is 2.51. The lowest BCUT2D eigenvalue weighted by atomic mass is 10.1. The predicted octanol–water partition coefficient (Wildman–Crippen LogP) is 3.71. The minimum atomic E-state index is -0.191. The summed E-state index contributed by atoms with van der Waals surface area (Å²) >= 11 is 0. The van der Waals surface area contributed by atoms with E-state index in [1.54, 1.807) is 0 Å². The number of fused-ring (bicyclic) bond motifs is 1. The smallest absolute Gasteiger partial charge is 0.251 e. The molecule has 0 saturated carbocycles. The van der Waals surface area contributed by atoms with Crippen LogP contribution in [0.4, 0.5) is 5.69 Å². The Balaban J connectivity index is 1.56. The molecule has 0 heterocycles. The summed E-state index contributed by atoms with van der Waals surface area (Å²) in [6.07, 6.45) is 6.25. The highest BCUT2D eigenvalue weighted by Gasteiger charge is 2.11. The SMILES string of the molecule is O=C(C=COc1ccccc1)Nc1ccc2c(c1)CCC2. The molecule has 2 aromatic rings. The van der Waals surface area contributed by atoms with Crippen LogP contribution in [0.3, 0.4) is 0 Å². The number of carbonyl (C=O) groups excluding carboxylic acids is 1. The molecule has 3 nitrogen and oxygen atoms in total. The van der Waals surface area contributed by atoms with Crippen LogP contribution in [-0.2, 0) is 17.6 Å². The van der Waals surface area contributed by atoms with Crippen LogP contribution in [0.5, 0.6) is 5.75 Å². The summed E-state index contributed by atoms with van der Waals surface area (Å²) in [5.74, 6) is 0.517. The summed E-state index contributed by atoms with van der Waals surface area (Å²) in [7, 11) is 0. The molecule has 1 amide bonds. The van der Waals surface area contributed by atoms with Crippen molar-refractivity contribution in [3.8, 4) is 5.75 Å². The van der Waals surface area contributed by atoms with E-state index < -0.39 is 0 Å². The number of para-hydroxylation sites is 1. The van der Waals surface area contributed by atoms with Gasteiger partial charge in [0.25, 0.3) is 5.91 Å². The number of anilines is 1. The topological polar surface area (TPSA) is 38.3 Å². The van der Waals surface area contributed by atoms with Gasteiger partial charge in [-0.3, -0.25) is 4.79 Å². The highest BCUT2D eigenvalue weighted by Crippen LogP contribution is 2.24. The van der Waals surface area contributed by atoms with E-state index in [-0.39, 0.29) is 5.91 Å². The maximum atomic E-state index is 11.8. The van der Waals surface area contributed by atoms with Crippen LogP contribution in [0.2, 0.25) is 0 Å². The molecule has 1 N–H and O–H groups in total. The van der Waals surface area contributed by atoms with Gasteiger partial charge in [0.1, 0.15) is 5.75 Å². The fourth-order valence-electron chi connectivity index (χ4n) is 2.51. The number of aryl methyl sites for hydroxylation is 2. The average molecular weight is 279 g/mol. The second-order valence-electron chi connectivity index (χ2n) is 5.06. The molecule has 21 heavy (non-hydrogen) atoms. The molecule has 0 aromatic heterocycles. The van der Waals surface area contributed by atoms with Crippen LogP contribution in [0, 0.1) is 0 Å². The van der Waals surface area contributed by atoms with Crippen molar-refractivity contribution < 1.29 is 9.53 Å². The van der Waals surface area contributed by atoms with Gasteiger partial charge in [-0.1, -0.05) is 24.3 Å². The molecule has 3 rings (SSSR count). The van der Waals surface area contributed by atoms with Gasteiger partial charge in [0, 0.05) is 11.8 Å². The molecule has 1 aliphatic carbocycles. The van der Waals surface area contributed by atoms with Gasteiger partial charge in [-0.05, 0) is 54.7 Å². The first-order valence-corrected chi connectivity index (χ1v) is 7.12. The molecule has 0 saturated heterocycles. The van der Waals surface area contributed by atoms with Gasteiger partial charge in [-0.15, -0.1) is 0 Å². The highest BCUT2D eigenvalue weighted by molar-refractivity contribution is 5.99. The molecule has 0 bridgehead atoms. The van der Waals surface area contributed by atoms with Crippen molar-refractivity contribution in [1.82, 2.24) is 0 Å². The van der Waals surface area contributed by atoms with Gasteiger partial charge in [0.2, 0.25) is 0 Å². The molecule has 0 fully saturated rings. The summed E-state index contributed by atoms with van der Waals surface area (Å²) in [5, 5.41) is 2.85. The van der Waals surface area contributed by atoms with Crippen LogP contribution in [0.15, 0.2) is 60.9 Å². The third-order valence-electron chi connectivity index (χ3n) is 3.53. The first-order valence-electron chi connectivity index (χ1n) is 7.12. The standard InChI is InChI=1S/C18H17NO2/c20-18(11-12-21-17-7-2-1-3-8-17)19-16-10-9-14-5-4-6-15(14)13-16/h1-3,7-13H,4-6H2,(H,19,20). The lowest BCUT2D eigenvalue weighted by Gasteiger charge is -2.05. The molecule has 2 aromatic carbocycles. The van der Waals surface area contributed by atoms with E-state index in [0.717, 1.165) is 18.5 Å². The number of benzene rings is 2. The zero-order valence-corrected chi connectivity index (χ0v) is 11.7. The maximum Gasteiger partial charge on any atom is 0.251 e. The van der Waals surface area contributed by atoms with Gasteiger partial charge in [0.05, 0.1) is 6.26 Å². The van der Waals surface area contributed by atoms with Crippen molar-refractivity contribution in [1.29, 1.82) is 0 Å². The average Bonchev–Trinajstić information content (AvgIpc) is 2.96. The van der Waals surface area contributed by atoms with Crippen LogP contribution in [-0.4, -0.2) is 5.91 Å². The lowest BCUT2D eigenvalue weighted by Crippen LogP contribution is -2.08. The second-order valence-corrected chi connectivity index (χ2v) is 5.06. The third-order valence-corrected chi connectivity index (χ3v) is 3.53. The summed E-state index contributed by atoms with van der Waals surface area (Å²) < 4.78 is 5.35. The number of amides is 1. The molecule has 3 heteroatoms. The molecular formula is C18H17NO2. The predicted molar refractivity (Wildman–Crippen MR) is 83.3 cm³/mol. The summed E-state index contributed by atoms with van der Waals surface area (Å²) in [4.78, 5) is 11.8. The quantitative estimate of drug-likeness (QED) is 0.684. The Morgan fingerprint density at radius 3 is 2.71 bits per heavy atom. The number of rotatable bonds is 4. The maximum absolute atomic E-state index is 11.8. The molecule has 106 valence electrons. The first-order chi connectivity index (χ1) is 10.3. The summed E-state index contributed by atoms with van der Waals surface area (Å²) in [6.45, 7) is 0. The molecule has 0 unspecified atom stereocenters. The Hall–Kier alpha value is -2.55. The van der Waals surface area contributed by atoms with Crippen LogP contribution >= 0.6 is 0 Å². The minimum absolute atomic E-state index is 0.191. The Bertz CT molecular complexity index is 662. The van der Waals surface area contributed by atoms with Crippen molar-refractivity contribution >= 4 is 11.6 Å². The van der Waals surface area contributed by atoms with Gasteiger partial charge in [-0.25, -0.2) is 0 Å². The van der Waals surface area contributed by atoms with Crippen molar-refractivity contribution in [3.05, 3.63) is 72.0 Å². The van der Waals surface area contributed by atoms with E-state index in [4.69, 9.17) is 4.74 Å². The van der Waals surface area contributed by atoms with E-state index in [9.17, 15) is 4.79 Å². The van der Waals surface area contributed by atoms with Gasteiger partial charge < -0.3 is 10.1 Å². The molecule has 0 aliphatic heterocycles. The van der Waals surface area contributed by atoms with Crippen LogP contribution in [0.1, 0.15) is 17.5 Å². The van der Waals surface area contributed by atoms with E-state index >= 15 is 0 Å². The zero-order chi connectivity index (χ0) is 14.5. The monoisotopic (exact) mass is 279 g/mol. The Kier molecular flexibility index (Phi) is 4.01. The van der Waals surface area contributed by atoms with Gasteiger partial charge in [0.15, 0.2) is 0 Å². The molecule has 0 atom stereocenters. The van der Waals surface area contributed by atoms with Gasteiger partial charge >= 0.3 is 0 Å². The normalized spacial score (nSPS) is 13.1. The van der Waals surface area contributed by atoms with E-state index in [1.165, 1.54) is 29.9 Å². The van der Waals surface area contributed by atoms with Gasteiger partial charge in [-0.2, -0.15) is 0 Å². The Labute approximate surface area is 124 Å². The molecular weight excluding hydrogens is 262 g/mol. The summed E-state index contributed by atoms with van der Waals surface area (Å²) in [6, 6.07) is 15.5. The first kappa shape index (κ1) is 13.4. The number of carbonyl (C=O) groups is 1. The molecule has 1 aliphatic rings.